The molecule has 2 heterocycles. The first kappa shape index (κ1) is 11.4. The Morgan fingerprint density at radius 3 is 2.88 bits per heavy atom. The lowest BCUT2D eigenvalue weighted by Gasteiger charge is -2.13. The summed E-state index contributed by atoms with van der Waals surface area (Å²) in [6.45, 7) is 1.49. The Hall–Kier alpha value is -0.740. The maximum Gasteiger partial charge on any atom is 0.176 e. The maximum absolute atomic E-state index is 6.30. The highest BCUT2D eigenvalue weighted by atomic mass is 35.5. The van der Waals surface area contributed by atoms with Gasteiger partial charge in [0.2, 0.25) is 0 Å². The van der Waals surface area contributed by atoms with Crippen LogP contribution in [-0.4, -0.2) is 29.1 Å². The molecule has 1 saturated carbocycles. The average Bonchev–Trinajstić information content (AvgIpc) is 3.03. The lowest BCUT2D eigenvalue weighted by atomic mass is 10.3. The van der Waals surface area contributed by atoms with Crippen LogP contribution in [0.15, 0.2) is 6.20 Å². The van der Waals surface area contributed by atoms with Gasteiger partial charge in [-0.05, 0) is 32.1 Å². The van der Waals surface area contributed by atoms with Crippen LogP contribution in [0.4, 0.5) is 0 Å². The van der Waals surface area contributed by atoms with Crippen LogP contribution >= 0.6 is 11.6 Å². The Balaban J connectivity index is 1.72. The Bertz CT molecular complexity index is 382. The van der Waals surface area contributed by atoms with Crippen molar-refractivity contribution in [3.63, 3.8) is 0 Å². The summed E-state index contributed by atoms with van der Waals surface area (Å²) < 4.78 is 13.1. The molecule has 0 bridgehead atoms. The molecule has 4 nitrogen and oxygen atoms in total. The van der Waals surface area contributed by atoms with Crippen molar-refractivity contribution in [2.45, 2.75) is 44.2 Å². The molecule has 2 fully saturated rings. The van der Waals surface area contributed by atoms with E-state index < -0.39 is 0 Å². The minimum absolute atomic E-state index is 0.267. The minimum atomic E-state index is 0.267. The minimum Gasteiger partial charge on any atom is -0.486 e. The SMILES string of the molecule is Clc1c(OC2CCCC2)cnn1C1CCOC1. The van der Waals surface area contributed by atoms with Gasteiger partial charge in [0.05, 0.1) is 24.9 Å². The van der Waals surface area contributed by atoms with E-state index in [0.29, 0.717) is 17.9 Å². The fourth-order valence-electron chi connectivity index (χ4n) is 2.57. The van der Waals surface area contributed by atoms with Gasteiger partial charge in [-0.25, -0.2) is 4.68 Å². The number of aromatic nitrogens is 2. The summed E-state index contributed by atoms with van der Waals surface area (Å²) in [5, 5.41) is 4.94. The van der Waals surface area contributed by atoms with Gasteiger partial charge in [-0.15, -0.1) is 0 Å². The monoisotopic (exact) mass is 256 g/mol. The second-order valence-electron chi connectivity index (χ2n) is 4.79. The van der Waals surface area contributed by atoms with Gasteiger partial charge in [-0.3, -0.25) is 0 Å². The molecular formula is C12H17ClN2O2. The van der Waals surface area contributed by atoms with E-state index in [1.165, 1.54) is 12.8 Å². The summed E-state index contributed by atoms with van der Waals surface area (Å²) in [4.78, 5) is 0. The molecule has 1 unspecified atom stereocenters. The Morgan fingerprint density at radius 1 is 1.35 bits per heavy atom. The van der Waals surface area contributed by atoms with E-state index in [4.69, 9.17) is 21.1 Å². The molecular weight excluding hydrogens is 240 g/mol. The second-order valence-corrected chi connectivity index (χ2v) is 5.14. The number of hydrogen-bond donors (Lipinski definition) is 0. The third-order valence-corrected chi connectivity index (χ3v) is 3.91. The molecule has 0 amide bonds. The van der Waals surface area contributed by atoms with E-state index in [2.05, 4.69) is 5.10 Å². The molecule has 1 aromatic heterocycles. The molecule has 94 valence electrons. The normalized spacial score (nSPS) is 25.6. The van der Waals surface area contributed by atoms with Crippen LogP contribution in [0, 0.1) is 0 Å². The smallest absolute Gasteiger partial charge is 0.176 e. The highest BCUT2D eigenvalue weighted by molar-refractivity contribution is 6.31. The van der Waals surface area contributed by atoms with Crippen molar-refractivity contribution in [1.82, 2.24) is 9.78 Å². The highest BCUT2D eigenvalue weighted by Crippen LogP contribution is 2.32. The first-order chi connectivity index (χ1) is 8.34. The summed E-state index contributed by atoms with van der Waals surface area (Å²) in [6.07, 6.45) is 7.82. The van der Waals surface area contributed by atoms with E-state index in [9.17, 15) is 0 Å². The largest absolute Gasteiger partial charge is 0.486 e. The van der Waals surface area contributed by atoms with Gasteiger partial charge in [0.1, 0.15) is 0 Å². The zero-order valence-electron chi connectivity index (χ0n) is 9.77. The van der Waals surface area contributed by atoms with E-state index in [0.717, 1.165) is 31.6 Å². The van der Waals surface area contributed by atoms with E-state index >= 15 is 0 Å². The Labute approximate surface area is 106 Å². The van der Waals surface area contributed by atoms with Crippen LogP contribution in [0.25, 0.3) is 0 Å². The number of halogens is 1. The van der Waals surface area contributed by atoms with Gasteiger partial charge in [-0.1, -0.05) is 11.6 Å². The Morgan fingerprint density at radius 2 is 2.18 bits per heavy atom. The summed E-state index contributed by atoms with van der Waals surface area (Å²) in [5.41, 5.74) is 0. The number of hydrogen-bond acceptors (Lipinski definition) is 3. The first-order valence-electron chi connectivity index (χ1n) is 6.32. The predicted octanol–water partition coefficient (Wildman–Crippen LogP) is 2.82. The van der Waals surface area contributed by atoms with Crippen molar-refractivity contribution in [2.75, 3.05) is 13.2 Å². The first-order valence-corrected chi connectivity index (χ1v) is 6.70. The van der Waals surface area contributed by atoms with Crippen molar-refractivity contribution in [2.24, 2.45) is 0 Å². The van der Waals surface area contributed by atoms with Gasteiger partial charge in [0.15, 0.2) is 10.9 Å². The van der Waals surface area contributed by atoms with E-state index in [1.807, 2.05) is 4.68 Å². The fourth-order valence-corrected chi connectivity index (χ4v) is 2.84. The van der Waals surface area contributed by atoms with Crippen LogP contribution in [0.5, 0.6) is 5.75 Å². The fraction of sp³-hybridized carbons (Fsp3) is 0.750. The van der Waals surface area contributed by atoms with Gasteiger partial charge < -0.3 is 9.47 Å². The molecule has 1 atom stereocenters. The molecule has 2 aliphatic rings. The quantitative estimate of drug-likeness (QED) is 0.834. The van der Waals surface area contributed by atoms with Crippen molar-refractivity contribution in [3.05, 3.63) is 11.3 Å². The molecule has 0 aromatic carbocycles. The molecule has 3 rings (SSSR count). The van der Waals surface area contributed by atoms with Gasteiger partial charge in [-0.2, -0.15) is 5.10 Å². The van der Waals surface area contributed by atoms with Crippen LogP contribution in [-0.2, 0) is 4.74 Å². The van der Waals surface area contributed by atoms with Crippen molar-refractivity contribution < 1.29 is 9.47 Å². The zero-order chi connectivity index (χ0) is 11.7. The number of nitrogens with zero attached hydrogens (tertiary/aromatic N) is 2. The van der Waals surface area contributed by atoms with Gasteiger partial charge in [0.25, 0.3) is 0 Å². The lowest BCUT2D eigenvalue weighted by Crippen LogP contribution is -2.12. The van der Waals surface area contributed by atoms with Crippen molar-refractivity contribution >= 4 is 11.6 Å². The van der Waals surface area contributed by atoms with Crippen LogP contribution in [0.3, 0.4) is 0 Å². The average molecular weight is 257 g/mol. The van der Waals surface area contributed by atoms with E-state index in [-0.39, 0.29) is 6.04 Å². The van der Waals surface area contributed by atoms with Crippen molar-refractivity contribution in [1.29, 1.82) is 0 Å². The molecule has 0 N–H and O–H groups in total. The summed E-state index contributed by atoms with van der Waals surface area (Å²) in [6, 6.07) is 0.267. The zero-order valence-corrected chi connectivity index (χ0v) is 10.5. The number of rotatable bonds is 3. The molecule has 1 aliphatic carbocycles. The van der Waals surface area contributed by atoms with E-state index in [1.54, 1.807) is 6.20 Å². The molecule has 5 heteroatoms. The molecule has 0 spiro atoms. The predicted molar refractivity (Wildman–Crippen MR) is 64.6 cm³/mol. The summed E-state index contributed by atoms with van der Waals surface area (Å²) in [5.74, 6) is 0.727. The lowest BCUT2D eigenvalue weighted by molar-refractivity contribution is 0.184. The van der Waals surface area contributed by atoms with Crippen LogP contribution in [0.1, 0.15) is 38.1 Å². The van der Waals surface area contributed by atoms with Crippen molar-refractivity contribution in [3.8, 4) is 5.75 Å². The molecule has 1 aliphatic heterocycles. The van der Waals surface area contributed by atoms with Crippen LogP contribution in [0.2, 0.25) is 5.15 Å². The highest BCUT2D eigenvalue weighted by Gasteiger charge is 2.24. The molecule has 1 saturated heterocycles. The maximum atomic E-state index is 6.30. The Kier molecular flexibility index (Phi) is 3.25. The van der Waals surface area contributed by atoms with Crippen LogP contribution < -0.4 is 4.74 Å². The third kappa shape index (κ3) is 2.29. The summed E-state index contributed by atoms with van der Waals surface area (Å²) >= 11 is 6.30. The standard InChI is InChI=1S/C12H17ClN2O2/c13-12-11(17-10-3-1-2-4-10)7-14-15(12)9-5-6-16-8-9/h7,9-10H,1-6,8H2. The summed E-state index contributed by atoms with van der Waals surface area (Å²) in [7, 11) is 0. The molecule has 0 radical (unpaired) electrons. The van der Waals surface area contributed by atoms with Gasteiger partial charge in [0, 0.05) is 6.61 Å². The molecule has 17 heavy (non-hydrogen) atoms. The third-order valence-electron chi connectivity index (χ3n) is 3.55. The second kappa shape index (κ2) is 4.86. The molecule has 1 aromatic rings. The van der Waals surface area contributed by atoms with Gasteiger partial charge >= 0.3 is 0 Å². The topological polar surface area (TPSA) is 36.3 Å². The number of ether oxygens (including phenoxy) is 2.